The Bertz CT molecular complexity index is 336. The smallest absolute Gasteiger partial charge is 0.0120 e. The molecule has 1 N–H and O–H groups in total. The highest BCUT2D eigenvalue weighted by molar-refractivity contribution is 5.05. The monoisotopic (exact) mass is 291 g/mol. The minimum Gasteiger partial charge on any atom is -0.317 e. The molecule has 1 unspecified atom stereocenters. The highest BCUT2D eigenvalue weighted by Crippen LogP contribution is 2.58. The first kappa shape index (κ1) is 14.5. The van der Waals surface area contributed by atoms with Gasteiger partial charge in [0, 0.05) is 12.6 Å². The molecule has 1 saturated carbocycles. The fourth-order valence-electron chi connectivity index (χ4n) is 5.29. The standard InChI is InChI=1S/C18H33N3/c1-2-10-21(11-3-1)17-4-12-20(13-5-17)15-16-14-18(16)6-8-19-9-7-18/h16-17,19H,1-15H2. The van der Waals surface area contributed by atoms with Crippen molar-refractivity contribution in [2.75, 3.05) is 45.8 Å². The van der Waals surface area contributed by atoms with Crippen molar-refractivity contribution in [1.82, 2.24) is 15.1 Å². The Hall–Kier alpha value is -0.120. The molecule has 4 rings (SSSR count). The third-order valence-corrected chi connectivity index (χ3v) is 6.90. The Labute approximate surface area is 130 Å². The zero-order valence-corrected chi connectivity index (χ0v) is 13.7. The lowest BCUT2D eigenvalue weighted by Crippen LogP contribution is -2.47. The third kappa shape index (κ3) is 3.16. The van der Waals surface area contributed by atoms with Gasteiger partial charge in [0.2, 0.25) is 0 Å². The van der Waals surface area contributed by atoms with Gasteiger partial charge in [0.15, 0.2) is 0 Å². The minimum atomic E-state index is 0.773. The number of hydrogen-bond acceptors (Lipinski definition) is 3. The van der Waals surface area contributed by atoms with Gasteiger partial charge in [-0.1, -0.05) is 6.42 Å². The van der Waals surface area contributed by atoms with E-state index in [1.54, 1.807) is 0 Å². The van der Waals surface area contributed by atoms with Gasteiger partial charge >= 0.3 is 0 Å². The fourth-order valence-corrected chi connectivity index (χ4v) is 5.29. The molecule has 3 heterocycles. The summed E-state index contributed by atoms with van der Waals surface area (Å²) in [6.45, 7) is 9.44. The van der Waals surface area contributed by atoms with E-state index in [4.69, 9.17) is 0 Å². The summed E-state index contributed by atoms with van der Waals surface area (Å²) >= 11 is 0. The molecule has 0 radical (unpaired) electrons. The SMILES string of the molecule is C1CCN(C2CCN(CC3CC34CCNCC4)CC2)CC1. The summed E-state index contributed by atoms with van der Waals surface area (Å²) in [5, 5.41) is 3.53. The summed E-state index contributed by atoms with van der Waals surface area (Å²) in [6.07, 6.45) is 11.6. The molecule has 3 nitrogen and oxygen atoms in total. The largest absolute Gasteiger partial charge is 0.317 e. The van der Waals surface area contributed by atoms with E-state index in [1.807, 2.05) is 0 Å². The number of hydrogen-bond donors (Lipinski definition) is 1. The highest BCUT2D eigenvalue weighted by atomic mass is 15.2. The predicted molar refractivity (Wildman–Crippen MR) is 87.5 cm³/mol. The van der Waals surface area contributed by atoms with E-state index in [2.05, 4.69) is 15.1 Å². The minimum absolute atomic E-state index is 0.773. The summed E-state index contributed by atoms with van der Waals surface area (Å²) in [4.78, 5) is 5.59. The van der Waals surface area contributed by atoms with Crippen molar-refractivity contribution in [3.05, 3.63) is 0 Å². The Balaban J connectivity index is 1.21. The first-order valence-electron chi connectivity index (χ1n) is 9.53. The second-order valence-electron chi connectivity index (χ2n) is 8.14. The predicted octanol–water partition coefficient (Wildman–Crippen LogP) is 2.33. The van der Waals surface area contributed by atoms with Crippen LogP contribution in [-0.2, 0) is 0 Å². The molecule has 3 heteroatoms. The molecule has 0 bridgehead atoms. The molecule has 1 spiro atoms. The molecule has 4 fully saturated rings. The number of nitrogens with zero attached hydrogens (tertiary/aromatic N) is 2. The first-order chi connectivity index (χ1) is 10.4. The van der Waals surface area contributed by atoms with Crippen LogP contribution in [0.15, 0.2) is 0 Å². The van der Waals surface area contributed by atoms with Crippen LogP contribution in [0.2, 0.25) is 0 Å². The summed E-state index contributed by atoms with van der Waals surface area (Å²) < 4.78 is 0. The molecule has 0 aromatic heterocycles. The Morgan fingerprint density at radius 2 is 1.62 bits per heavy atom. The van der Waals surface area contributed by atoms with Crippen LogP contribution in [0.5, 0.6) is 0 Å². The number of likely N-dealkylation sites (tertiary alicyclic amines) is 2. The highest BCUT2D eigenvalue weighted by Gasteiger charge is 2.53. The second-order valence-corrected chi connectivity index (χ2v) is 8.14. The van der Waals surface area contributed by atoms with Crippen molar-refractivity contribution in [2.45, 2.75) is 57.4 Å². The molecule has 1 aliphatic carbocycles. The molecular formula is C18H33N3. The van der Waals surface area contributed by atoms with Gasteiger partial charge in [-0.25, -0.2) is 0 Å². The van der Waals surface area contributed by atoms with E-state index in [0.717, 1.165) is 17.4 Å². The van der Waals surface area contributed by atoms with E-state index in [1.165, 1.54) is 97.2 Å². The maximum Gasteiger partial charge on any atom is 0.0120 e. The van der Waals surface area contributed by atoms with E-state index in [0.29, 0.717) is 0 Å². The van der Waals surface area contributed by atoms with Crippen molar-refractivity contribution >= 4 is 0 Å². The first-order valence-corrected chi connectivity index (χ1v) is 9.53. The van der Waals surface area contributed by atoms with Gasteiger partial charge in [0.05, 0.1) is 0 Å². The van der Waals surface area contributed by atoms with Crippen LogP contribution < -0.4 is 5.32 Å². The lowest BCUT2D eigenvalue weighted by Gasteiger charge is -2.40. The Kier molecular flexibility index (Phi) is 4.25. The zero-order valence-electron chi connectivity index (χ0n) is 13.7. The van der Waals surface area contributed by atoms with Gasteiger partial charge in [-0.15, -0.1) is 0 Å². The van der Waals surface area contributed by atoms with Crippen molar-refractivity contribution < 1.29 is 0 Å². The number of nitrogens with one attached hydrogen (secondary N) is 1. The Morgan fingerprint density at radius 3 is 2.33 bits per heavy atom. The molecule has 120 valence electrons. The maximum atomic E-state index is 3.53. The van der Waals surface area contributed by atoms with Crippen LogP contribution in [0, 0.1) is 11.3 Å². The van der Waals surface area contributed by atoms with E-state index in [-0.39, 0.29) is 0 Å². The maximum absolute atomic E-state index is 3.53. The van der Waals surface area contributed by atoms with Crippen molar-refractivity contribution in [2.24, 2.45) is 11.3 Å². The van der Waals surface area contributed by atoms with Gasteiger partial charge < -0.3 is 15.1 Å². The topological polar surface area (TPSA) is 18.5 Å². The average molecular weight is 291 g/mol. The van der Waals surface area contributed by atoms with Gasteiger partial charge in [-0.2, -0.15) is 0 Å². The number of piperidine rings is 3. The van der Waals surface area contributed by atoms with Gasteiger partial charge in [-0.05, 0) is 95.5 Å². The zero-order chi connectivity index (χ0) is 14.1. The van der Waals surface area contributed by atoms with E-state index in [9.17, 15) is 0 Å². The van der Waals surface area contributed by atoms with Crippen LogP contribution in [0.1, 0.15) is 51.4 Å². The summed E-state index contributed by atoms with van der Waals surface area (Å²) in [5.41, 5.74) is 0.773. The van der Waals surface area contributed by atoms with E-state index >= 15 is 0 Å². The average Bonchev–Trinajstić information content (AvgIpc) is 3.20. The molecule has 0 aromatic rings. The van der Waals surface area contributed by atoms with Gasteiger partial charge in [0.1, 0.15) is 0 Å². The molecule has 0 amide bonds. The summed E-state index contributed by atoms with van der Waals surface area (Å²) in [7, 11) is 0. The quantitative estimate of drug-likeness (QED) is 0.861. The molecule has 3 aliphatic heterocycles. The van der Waals surface area contributed by atoms with Crippen LogP contribution in [-0.4, -0.2) is 61.7 Å². The molecule has 4 aliphatic rings. The van der Waals surface area contributed by atoms with E-state index < -0.39 is 0 Å². The van der Waals surface area contributed by atoms with Crippen LogP contribution >= 0.6 is 0 Å². The van der Waals surface area contributed by atoms with Crippen LogP contribution in [0.25, 0.3) is 0 Å². The van der Waals surface area contributed by atoms with Crippen molar-refractivity contribution in [3.8, 4) is 0 Å². The molecule has 1 atom stereocenters. The van der Waals surface area contributed by atoms with Gasteiger partial charge in [-0.3, -0.25) is 0 Å². The van der Waals surface area contributed by atoms with Crippen LogP contribution in [0.3, 0.4) is 0 Å². The lowest BCUT2D eigenvalue weighted by molar-refractivity contribution is 0.0877. The molecular weight excluding hydrogens is 258 g/mol. The van der Waals surface area contributed by atoms with Crippen molar-refractivity contribution in [1.29, 1.82) is 0 Å². The third-order valence-electron chi connectivity index (χ3n) is 6.90. The van der Waals surface area contributed by atoms with Crippen LogP contribution in [0.4, 0.5) is 0 Å². The molecule has 0 aromatic carbocycles. The number of rotatable bonds is 3. The molecule has 21 heavy (non-hydrogen) atoms. The normalized spacial score (nSPS) is 35.1. The Morgan fingerprint density at radius 1 is 0.905 bits per heavy atom. The van der Waals surface area contributed by atoms with Crippen molar-refractivity contribution in [3.63, 3.8) is 0 Å². The summed E-state index contributed by atoms with van der Waals surface area (Å²) in [5.74, 6) is 1.03. The molecule has 3 saturated heterocycles. The summed E-state index contributed by atoms with van der Waals surface area (Å²) in [6, 6.07) is 0.911. The van der Waals surface area contributed by atoms with Gasteiger partial charge in [0.25, 0.3) is 0 Å². The second kappa shape index (κ2) is 6.17. The lowest BCUT2D eigenvalue weighted by atomic mass is 9.91. The fraction of sp³-hybridized carbons (Fsp3) is 1.00.